The number of amides is 1. The molecule has 26 heavy (non-hydrogen) atoms. The number of nitrogens with zero attached hydrogens (tertiary/aromatic N) is 3. The molecule has 5 nitrogen and oxygen atoms in total. The van der Waals surface area contributed by atoms with Gasteiger partial charge in [-0.25, -0.2) is 9.97 Å². The molecular formula is C19H15ClN4OS. The van der Waals surface area contributed by atoms with Gasteiger partial charge in [-0.1, -0.05) is 35.5 Å². The summed E-state index contributed by atoms with van der Waals surface area (Å²) in [4.78, 5) is 21.1. The molecule has 1 aromatic carbocycles. The molecule has 0 aliphatic heterocycles. The number of fused-ring (bicyclic) bond motifs is 3. The second-order valence-electron chi connectivity index (χ2n) is 5.72. The van der Waals surface area contributed by atoms with Crippen LogP contribution in [0.3, 0.4) is 0 Å². The smallest absolute Gasteiger partial charge is 0.230 e. The highest BCUT2D eigenvalue weighted by atomic mass is 35.5. The maximum Gasteiger partial charge on any atom is 0.230 e. The van der Waals surface area contributed by atoms with E-state index in [0.717, 1.165) is 21.6 Å². The van der Waals surface area contributed by atoms with Crippen LogP contribution < -0.4 is 5.32 Å². The molecule has 1 amide bonds. The third kappa shape index (κ3) is 3.52. The van der Waals surface area contributed by atoms with Crippen LogP contribution in [0.4, 0.5) is 0 Å². The number of hydrogen-bond donors (Lipinski definition) is 1. The zero-order valence-corrected chi connectivity index (χ0v) is 15.3. The second kappa shape index (κ2) is 7.35. The van der Waals surface area contributed by atoms with E-state index in [9.17, 15) is 4.79 Å². The molecule has 0 radical (unpaired) electrons. The van der Waals surface area contributed by atoms with Crippen molar-refractivity contribution >= 4 is 46.0 Å². The maximum absolute atomic E-state index is 12.2. The van der Waals surface area contributed by atoms with Crippen molar-refractivity contribution in [2.45, 2.75) is 11.6 Å². The Morgan fingerprint density at radius 2 is 1.92 bits per heavy atom. The van der Waals surface area contributed by atoms with Gasteiger partial charge in [0.25, 0.3) is 0 Å². The average Bonchev–Trinajstić information content (AvgIpc) is 3.16. The summed E-state index contributed by atoms with van der Waals surface area (Å²) in [6, 6.07) is 15.3. The number of carbonyl (C=O) groups excluding carboxylic acids is 1. The summed E-state index contributed by atoms with van der Waals surface area (Å²) in [5, 5.41) is 4.39. The Kier molecular flexibility index (Phi) is 4.77. The predicted octanol–water partition coefficient (Wildman–Crippen LogP) is 3.94. The third-order valence-electron chi connectivity index (χ3n) is 3.94. The summed E-state index contributed by atoms with van der Waals surface area (Å²) in [5.74, 6) is 0.248. The molecule has 0 spiro atoms. The predicted molar refractivity (Wildman–Crippen MR) is 105 cm³/mol. The molecule has 130 valence electrons. The molecule has 1 N–H and O–H groups in total. The number of nitrogens with one attached hydrogen (secondary N) is 1. The lowest BCUT2D eigenvalue weighted by molar-refractivity contribution is -0.118. The van der Waals surface area contributed by atoms with E-state index in [0.29, 0.717) is 23.0 Å². The number of aromatic nitrogens is 3. The van der Waals surface area contributed by atoms with E-state index in [2.05, 4.69) is 15.3 Å². The van der Waals surface area contributed by atoms with E-state index < -0.39 is 0 Å². The summed E-state index contributed by atoms with van der Waals surface area (Å²) in [5.41, 5.74) is 3.60. The van der Waals surface area contributed by atoms with Gasteiger partial charge < -0.3 is 9.72 Å². The van der Waals surface area contributed by atoms with Crippen molar-refractivity contribution < 1.29 is 4.79 Å². The molecule has 7 heteroatoms. The lowest BCUT2D eigenvalue weighted by Gasteiger charge is -2.08. The lowest BCUT2D eigenvalue weighted by atomic mass is 10.2. The minimum absolute atomic E-state index is 0.0439. The van der Waals surface area contributed by atoms with Crippen LogP contribution in [0.5, 0.6) is 0 Å². The van der Waals surface area contributed by atoms with Gasteiger partial charge in [0.05, 0.1) is 16.8 Å². The fourth-order valence-corrected chi connectivity index (χ4v) is 3.64. The van der Waals surface area contributed by atoms with Gasteiger partial charge in [0.2, 0.25) is 5.91 Å². The van der Waals surface area contributed by atoms with E-state index in [1.54, 1.807) is 6.20 Å². The number of halogens is 1. The molecule has 0 aliphatic rings. The monoisotopic (exact) mass is 382 g/mol. The van der Waals surface area contributed by atoms with E-state index in [1.807, 2.05) is 59.1 Å². The van der Waals surface area contributed by atoms with E-state index in [1.165, 1.54) is 11.8 Å². The Hall–Kier alpha value is -2.57. The molecule has 0 unspecified atom stereocenters. The van der Waals surface area contributed by atoms with E-state index in [-0.39, 0.29) is 5.91 Å². The highest BCUT2D eigenvalue weighted by Crippen LogP contribution is 2.25. The van der Waals surface area contributed by atoms with Crippen LogP contribution in [-0.2, 0) is 11.3 Å². The zero-order valence-electron chi connectivity index (χ0n) is 13.7. The molecule has 0 fully saturated rings. The van der Waals surface area contributed by atoms with Crippen LogP contribution in [0.15, 0.2) is 66.0 Å². The highest BCUT2D eigenvalue weighted by Gasteiger charge is 2.11. The minimum atomic E-state index is -0.0439. The van der Waals surface area contributed by atoms with Crippen molar-refractivity contribution in [3.8, 4) is 0 Å². The Labute approximate surface area is 159 Å². The van der Waals surface area contributed by atoms with Gasteiger partial charge in [-0.2, -0.15) is 0 Å². The first-order chi connectivity index (χ1) is 12.7. The van der Waals surface area contributed by atoms with E-state index in [4.69, 9.17) is 11.6 Å². The van der Waals surface area contributed by atoms with Crippen LogP contribution in [0.1, 0.15) is 5.56 Å². The molecule has 0 saturated carbocycles. The number of benzene rings is 1. The summed E-state index contributed by atoms with van der Waals surface area (Å²) >= 11 is 7.28. The Bertz CT molecular complexity index is 1080. The number of carbonyl (C=O) groups is 1. The van der Waals surface area contributed by atoms with Crippen molar-refractivity contribution in [1.82, 2.24) is 19.7 Å². The van der Waals surface area contributed by atoms with Crippen molar-refractivity contribution in [2.24, 2.45) is 0 Å². The van der Waals surface area contributed by atoms with Gasteiger partial charge in [-0.05, 0) is 42.0 Å². The first-order valence-electron chi connectivity index (χ1n) is 8.06. The number of thioether (sulfide) groups is 1. The van der Waals surface area contributed by atoms with Gasteiger partial charge in [-0.15, -0.1) is 0 Å². The highest BCUT2D eigenvalue weighted by molar-refractivity contribution is 8.00. The first-order valence-corrected chi connectivity index (χ1v) is 9.43. The van der Waals surface area contributed by atoms with Gasteiger partial charge in [-0.3, -0.25) is 4.79 Å². The number of rotatable bonds is 5. The Morgan fingerprint density at radius 3 is 2.77 bits per heavy atom. The van der Waals surface area contributed by atoms with Crippen molar-refractivity contribution in [1.29, 1.82) is 0 Å². The SMILES string of the molecule is O=C(CSc1nc2ncccc2n2cccc12)NCc1ccc(Cl)cc1. The summed E-state index contributed by atoms with van der Waals surface area (Å²) in [7, 11) is 0. The van der Waals surface area contributed by atoms with Gasteiger partial charge >= 0.3 is 0 Å². The summed E-state index contributed by atoms with van der Waals surface area (Å²) in [6.07, 6.45) is 3.70. The summed E-state index contributed by atoms with van der Waals surface area (Å²) < 4.78 is 2.04. The molecular weight excluding hydrogens is 368 g/mol. The lowest BCUT2D eigenvalue weighted by Crippen LogP contribution is -2.24. The molecule has 0 atom stereocenters. The Morgan fingerprint density at radius 1 is 1.12 bits per heavy atom. The first kappa shape index (κ1) is 16.9. The van der Waals surface area contributed by atoms with Gasteiger partial charge in [0, 0.05) is 24.0 Å². The van der Waals surface area contributed by atoms with Crippen LogP contribution >= 0.6 is 23.4 Å². The number of hydrogen-bond acceptors (Lipinski definition) is 4. The molecule has 0 saturated heterocycles. The quantitative estimate of drug-likeness (QED) is 0.531. The van der Waals surface area contributed by atoms with E-state index >= 15 is 0 Å². The average molecular weight is 383 g/mol. The molecule has 4 aromatic rings. The molecule has 0 aliphatic carbocycles. The molecule has 0 bridgehead atoms. The largest absolute Gasteiger partial charge is 0.351 e. The fourth-order valence-electron chi connectivity index (χ4n) is 2.68. The van der Waals surface area contributed by atoms with Crippen LogP contribution in [-0.4, -0.2) is 26.0 Å². The standard InChI is InChI=1S/C19H15ClN4OS/c20-14-7-5-13(6-8-14)11-22-17(25)12-26-19-16-4-2-10-24(16)15-3-1-9-21-18(15)23-19/h1-10H,11-12H2,(H,22,25). The van der Waals surface area contributed by atoms with Crippen molar-refractivity contribution in [2.75, 3.05) is 5.75 Å². The van der Waals surface area contributed by atoms with Crippen molar-refractivity contribution in [3.63, 3.8) is 0 Å². The Balaban J connectivity index is 1.46. The maximum atomic E-state index is 12.2. The van der Waals surface area contributed by atoms with Crippen molar-refractivity contribution in [3.05, 3.63) is 71.5 Å². The molecule has 3 heterocycles. The molecule has 4 rings (SSSR count). The third-order valence-corrected chi connectivity index (χ3v) is 5.18. The van der Waals surface area contributed by atoms with Gasteiger partial charge in [0.15, 0.2) is 5.65 Å². The van der Waals surface area contributed by atoms with Crippen LogP contribution in [0.25, 0.3) is 16.7 Å². The van der Waals surface area contributed by atoms with Gasteiger partial charge in [0.1, 0.15) is 5.03 Å². The fraction of sp³-hybridized carbons (Fsp3) is 0.105. The molecule has 3 aromatic heterocycles. The summed E-state index contributed by atoms with van der Waals surface area (Å²) in [6.45, 7) is 0.476. The normalized spacial score (nSPS) is 11.1. The minimum Gasteiger partial charge on any atom is -0.351 e. The zero-order chi connectivity index (χ0) is 17.9. The second-order valence-corrected chi connectivity index (χ2v) is 7.12. The number of pyridine rings is 1. The van der Waals surface area contributed by atoms with Crippen LogP contribution in [0.2, 0.25) is 5.02 Å². The topological polar surface area (TPSA) is 59.3 Å². The van der Waals surface area contributed by atoms with Crippen LogP contribution in [0, 0.1) is 0 Å².